The fourth-order valence-electron chi connectivity index (χ4n) is 2.89. The summed E-state index contributed by atoms with van der Waals surface area (Å²) in [6.07, 6.45) is 5.19. The normalized spacial score (nSPS) is 22.6. The minimum Gasteiger partial charge on any atom is -0.336 e. The first-order valence-electron chi connectivity index (χ1n) is 7.45. The molecule has 0 aromatic heterocycles. The van der Waals surface area contributed by atoms with Crippen molar-refractivity contribution in [3.63, 3.8) is 0 Å². The summed E-state index contributed by atoms with van der Waals surface area (Å²) in [5, 5.41) is 5.19. The van der Waals surface area contributed by atoms with Gasteiger partial charge in [-0.25, -0.2) is 0 Å². The number of anilines is 1. The minimum absolute atomic E-state index is 0.0875. The first-order valence-corrected chi connectivity index (χ1v) is 8.25. The highest BCUT2D eigenvalue weighted by Crippen LogP contribution is 2.21. The van der Waals surface area contributed by atoms with Gasteiger partial charge in [0.15, 0.2) is 6.54 Å². The number of nitrogens with two attached hydrogens (primary N) is 1. The highest BCUT2D eigenvalue weighted by Gasteiger charge is 2.24. The van der Waals surface area contributed by atoms with Crippen molar-refractivity contribution in [3.8, 4) is 0 Å². The predicted molar refractivity (Wildman–Crippen MR) is 85.7 cm³/mol. The zero-order valence-corrected chi connectivity index (χ0v) is 13.9. The molecule has 4 heteroatoms. The van der Waals surface area contributed by atoms with Gasteiger partial charge >= 0.3 is 0 Å². The van der Waals surface area contributed by atoms with Crippen molar-refractivity contribution in [2.45, 2.75) is 45.6 Å². The van der Waals surface area contributed by atoms with Crippen LogP contribution in [0.15, 0.2) is 22.7 Å². The lowest BCUT2D eigenvalue weighted by Gasteiger charge is -2.26. The van der Waals surface area contributed by atoms with Crippen LogP contribution in [0.25, 0.3) is 0 Å². The van der Waals surface area contributed by atoms with Gasteiger partial charge in [0.1, 0.15) is 0 Å². The molecule has 1 amide bonds. The van der Waals surface area contributed by atoms with E-state index in [4.69, 9.17) is 0 Å². The van der Waals surface area contributed by atoms with E-state index >= 15 is 0 Å². The Morgan fingerprint density at radius 2 is 2.15 bits per heavy atom. The van der Waals surface area contributed by atoms with Gasteiger partial charge in [-0.1, -0.05) is 29.3 Å². The van der Waals surface area contributed by atoms with E-state index in [2.05, 4.69) is 33.5 Å². The molecule has 1 aliphatic rings. The number of amides is 1. The topological polar surface area (TPSA) is 45.7 Å². The summed E-state index contributed by atoms with van der Waals surface area (Å²) in [6.45, 7) is 4.84. The van der Waals surface area contributed by atoms with Crippen LogP contribution in [0.5, 0.6) is 0 Å². The van der Waals surface area contributed by atoms with Crippen LogP contribution >= 0.6 is 15.9 Å². The van der Waals surface area contributed by atoms with Gasteiger partial charge in [-0.3, -0.25) is 4.79 Å². The minimum atomic E-state index is 0.0875. The summed E-state index contributed by atoms with van der Waals surface area (Å²) in [5.41, 5.74) is 2.01. The fraction of sp³-hybridized carbons (Fsp3) is 0.562. The molecule has 3 nitrogen and oxygen atoms in total. The van der Waals surface area contributed by atoms with Crippen LogP contribution in [-0.4, -0.2) is 18.5 Å². The third-order valence-corrected chi connectivity index (χ3v) is 5.12. The van der Waals surface area contributed by atoms with Gasteiger partial charge in [0.05, 0.1) is 6.04 Å². The second kappa shape index (κ2) is 7.23. The van der Waals surface area contributed by atoms with Crippen molar-refractivity contribution in [1.82, 2.24) is 0 Å². The second-order valence-electron chi connectivity index (χ2n) is 5.88. The van der Waals surface area contributed by atoms with E-state index in [0.717, 1.165) is 21.6 Å². The Hall–Kier alpha value is -0.870. The Labute approximate surface area is 129 Å². The summed E-state index contributed by atoms with van der Waals surface area (Å²) in [4.78, 5) is 12.0. The third kappa shape index (κ3) is 4.32. The number of halogens is 1. The smallest absolute Gasteiger partial charge is 0.279 e. The average Bonchev–Trinajstić information content (AvgIpc) is 2.42. The highest BCUT2D eigenvalue weighted by molar-refractivity contribution is 9.10. The average molecular weight is 340 g/mol. The first kappa shape index (κ1) is 15.5. The molecular weight excluding hydrogens is 316 g/mol. The van der Waals surface area contributed by atoms with E-state index in [1.54, 1.807) is 0 Å². The standard InChI is InChI=1S/C16H23BrN2O/c1-11-5-3-4-6-15(11)18-10-16(20)19-13-7-8-14(17)12(2)9-13/h7-9,11,15,18H,3-6,10H2,1-2H3,(H,19,20)/p+1/t11-,15+/m0/s1. The number of benzene rings is 1. The lowest BCUT2D eigenvalue weighted by Crippen LogP contribution is -2.93. The van der Waals surface area contributed by atoms with Gasteiger partial charge in [0, 0.05) is 16.1 Å². The largest absolute Gasteiger partial charge is 0.336 e. The zero-order chi connectivity index (χ0) is 14.5. The number of hydrogen-bond acceptors (Lipinski definition) is 1. The summed E-state index contributed by atoms with van der Waals surface area (Å²) in [7, 11) is 0. The summed E-state index contributed by atoms with van der Waals surface area (Å²) in [6, 6.07) is 6.50. The van der Waals surface area contributed by atoms with Gasteiger partial charge in [-0.15, -0.1) is 0 Å². The molecule has 110 valence electrons. The van der Waals surface area contributed by atoms with Crippen LogP contribution in [0.1, 0.15) is 38.2 Å². The molecule has 0 radical (unpaired) electrons. The van der Waals surface area contributed by atoms with Crippen molar-refractivity contribution >= 4 is 27.5 Å². The van der Waals surface area contributed by atoms with Crippen molar-refractivity contribution in [2.24, 2.45) is 5.92 Å². The summed E-state index contributed by atoms with van der Waals surface area (Å²) >= 11 is 3.47. The number of carbonyl (C=O) groups excluding carboxylic acids is 1. The van der Waals surface area contributed by atoms with E-state index in [-0.39, 0.29) is 5.91 Å². The molecule has 2 atom stereocenters. The van der Waals surface area contributed by atoms with Crippen LogP contribution in [0.4, 0.5) is 5.69 Å². The number of quaternary nitrogens is 1. The predicted octanol–water partition coefficient (Wildman–Crippen LogP) is 2.84. The van der Waals surface area contributed by atoms with Crippen molar-refractivity contribution in [3.05, 3.63) is 28.2 Å². The molecule has 2 rings (SSSR count). The molecule has 0 spiro atoms. The molecule has 0 heterocycles. The molecule has 0 aliphatic heterocycles. The van der Waals surface area contributed by atoms with Crippen molar-refractivity contribution < 1.29 is 10.1 Å². The molecule has 1 aliphatic carbocycles. The number of aryl methyl sites for hydroxylation is 1. The molecule has 1 aromatic rings. The van der Waals surface area contributed by atoms with Crippen LogP contribution in [0.2, 0.25) is 0 Å². The maximum atomic E-state index is 12.0. The van der Waals surface area contributed by atoms with Gasteiger partial charge in [-0.2, -0.15) is 0 Å². The molecule has 20 heavy (non-hydrogen) atoms. The van der Waals surface area contributed by atoms with E-state index in [1.807, 2.05) is 25.1 Å². The second-order valence-corrected chi connectivity index (χ2v) is 6.73. The molecule has 0 bridgehead atoms. The Morgan fingerprint density at radius 3 is 2.85 bits per heavy atom. The zero-order valence-electron chi connectivity index (χ0n) is 12.3. The van der Waals surface area contributed by atoms with E-state index in [1.165, 1.54) is 25.7 Å². The van der Waals surface area contributed by atoms with Gasteiger partial charge in [0.2, 0.25) is 0 Å². The van der Waals surface area contributed by atoms with Crippen LogP contribution in [0, 0.1) is 12.8 Å². The summed E-state index contributed by atoms with van der Waals surface area (Å²) in [5.74, 6) is 0.816. The van der Waals surface area contributed by atoms with Gasteiger partial charge < -0.3 is 10.6 Å². The number of hydrogen-bond donors (Lipinski definition) is 2. The Morgan fingerprint density at radius 1 is 1.40 bits per heavy atom. The summed E-state index contributed by atoms with van der Waals surface area (Å²) < 4.78 is 1.07. The van der Waals surface area contributed by atoms with Crippen LogP contribution in [0.3, 0.4) is 0 Å². The van der Waals surface area contributed by atoms with E-state index in [0.29, 0.717) is 12.6 Å². The Bertz CT molecular complexity index is 476. The third-order valence-electron chi connectivity index (χ3n) is 4.23. The molecule has 1 saturated carbocycles. The van der Waals surface area contributed by atoms with Crippen LogP contribution < -0.4 is 10.6 Å². The number of carbonyl (C=O) groups is 1. The maximum absolute atomic E-state index is 12.0. The lowest BCUT2D eigenvalue weighted by molar-refractivity contribution is -0.687. The van der Waals surface area contributed by atoms with E-state index in [9.17, 15) is 4.79 Å². The SMILES string of the molecule is Cc1cc(NC(=O)C[NH2+][C@@H]2CCCC[C@@H]2C)ccc1Br. The van der Waals surface area contributed by atoms with E-state index < -0.39 is 0 Å². The monoisotopic (exact) mass is 339 g/mol. The maximum Gasteiger partial charge on any atom is 0.279 e. The van der Waals surface area contributed by atoms with Crippen molar-refractivity contribution in [1.29, 1.82) is 0 Å². The van der Waals surface area contributed by atoms with Gasteiger partial charge in [-0.05, 0) is 49.9 Å². The highest BCUT2D eigenvalue weighted by atomic mass is 79.9. The fourth-order valence-corrected chi connectivity index (χ4v) is 3.13. The lowest BCUT2D eigenvalue weighted by atomic mass is 9.86. The Kier molecular flexibility index (Phi) is 5.61. The molecule has 0 saturated heterocycles. The molecule has 1 fully saturated rings. The van der Waals surface area contributed by atoms with Crippen LogP contribution in [-0.2, 0) is 4.79 Å². The number of nitrogens with one attached hydrogen (secondary N) is 1. The quantitative estimate of drug-likeness (QED) is 0.870. The molecule has 3 N–H and O–H groups in total. The Balaban J connectivity index is 1.81. The number of rotatable bonds is 4. The molecular formula is C16H24BrN2O+. The molecule has 0 unspecified atom stereocenters. The first-order chi connectivity index (χ1) is 9.56. The van der Waals surface area contributed by atoms with Crippen molar-refractivity contribution in [2.75, 3.05) is 11.9 Å². The molecule has 1 aromatic carbocycles. The van der Waals surface area contributed by atoms with Gasteiger partial charge in [0.25, 0.3) is 5.91 Å².